The normalized spacial score (nSPS) is 10.4. The molecule has 2 aromatic rings. The summed E-state index contributed by atoms with van der Waals surface area (Å²) in [5.74, 6) is 0.879. The summed E-state index contributed by atoms with van der Waals surface area (Å²) < 4.78 is 0. The van der Waals surface area contributed by atoms with Gasteiger partial charge in [0.1, 0.15) is 17.3 Å². The number of halogens is 1. The van der Waals surface area contributed by atoms with Crippen molar-refractivity contribution in [2.24, 2.45) is 0 Å². The molecule has 0 saturated carbocycles. The van der Waals surface area contributed by atoms with E-state index in [1.54, 1.807) is 0 Å². The summed E-state index contributed by atoms with van der Waals surface area (Å²) in [5, 5.41) is 0.510. The molecule has 4 nitrogen and oxygen atoms in total. The van der Waals surface area contributed by atoms with Gasteiger partial charge in [-0.15, -0.1) is 0 Å². The molecule has 0 unspecified atom stereocenters. The van der Waals surface area contributed by atoms with E-state index in [0.29, 0.717) is 5.15 Å². The van der Waals surface area contributed by atoms with Crippen LogP contribution in [0, 0.1) is 6.92 Å². The number of anilines is 1. The van der Waals surface area contributed by atoms with Gasteiger partial charge in [-0.25, -0.2) is 9.97 Å². The molecule has 0 spiro atoms. The topological polar surface area (TPSA) is 41.9 Å². The molecule has 0 bridgehead atoms. The molecule has 0 fully saturated rings. The summed E-state index contributed by atoms with van der Waals surface area (Å²) in [5.41, 5.74) is 2.17. The summed E-state index contributed by atoms with van der Waals surface area (Å²) >= 11 is 5.99. The van der Waals surface area contributed by atoms with Gasteiger partial charge in [-0.2, -0.15) is 0 Å². The maximum absolute atomic E-state index is 5.99. The molecule has 0 aliphatic rings. The van der Waals surface area contributed by atoms with Crippen molar-refractivity contribution in [3.05, 3.63) is 47.1 Å². The van der Waals surface area contributed by atoms with Crippen molar-refractivity contribution >= 4 is 17.4 Å². The van der Waals surface area contributed by atoms with Crippen LogP contribution in [-0.4, -0.2) is 28.5 Å². The van der Waals surface area contributed by atoms with Crippen LogP contribution in [-0.2, 0) is 6.42 Å². The Bertz CT molecular complexity index is 516. The zero-order valence-electron chi connectivity index (χ0n) is 10.5. The Kier molecular flexibility index (Phi) is 4.10. The lowest BCUT2D eigenvalue weighted by atomic mass is 10.2. The highest BCUT2D eigenvalue weighted by atomic mass is 35.5. The first-order chi connectivity index (χ1) is 8.68. The summed E-state index contributed by atoms with van der Waals surface area (Å²) in [6.07, 6.45) is 6.05. The van der Waals surface area contributed by atoms with Gasteiger partial charge >= 0.3 is 0 Å². The van der Waals surface area contributed by atoms with Gasteiger partial charge in [0.15, 0.2) is 0 Å². The number of likely N-dealkylation sites (N-methyl/N-ethyl adjacent to an activating group) is 1. The average Bonchev–Trinajstić information content (AvgIpc) is 2.40. The maximum Gasteiger partial charge on any atom is 0.137 e. The van der Waals surface area contributed by atoms with Gasteiger partial charge in [-0.05, 0) is 31.0 Å². The van der Waals surface area contributed by atoms with Crippen molar-refractivity contribution in [2.45, 2.75) is 13.3 Å². The molecule has 2 aromatic heterocycles. The maximum atomic E-state index is 5.99. The molecule has 0 N–H and O–H groups in total. The third-order valence-corrected chi connectivity index (χ3v) is 3.22. The number of aromatic nitrogens is 3. The predicted octanol–water partition coefficient (Wildman–Crippen LogP) is 2.51. The van der Waals surface area contributed by atoms with Crippen molar-refractivity contribution in [3.63, 3.8) is 0 Å². The van der Waals surface area contributed by atoms with Crippen LogP contribution >= 0.6 is 11.6 Å². The fraction of sp³-hybridized carbons (Fsp3) is 0.308. The Morgan fingerprint density at radius 2 is 1.94 bits per heavy atom. The highest BCUT2D eigenvalue weighted by Crippen LogP contribution is 2.20. The lowest BCUT2D eigenvalue weighted by Gasteiger charge is -2.20. The molecule has 18 heavy (non-hydrogen) atoms. The monoisotopic (exact) mass is 262 g/mol. The van der Waals surface area contributed by atoms with Crippen LogP contribution in [0.2, 0.25) is 5.15 Å². The molecule has 2 rings (SSSR count). The van der Waals surface area contributed by atoms with Gasteiger partial charge in [0.25, 0.3) is 0 Å². The number of pyridine rings is 1. The lowest BCUT2D eigenvalue weighted by Crippen LogP contribution is -2.22. The molecular weight excluding hydrogens is 248 g/mol. The van der Waals surface area contributed by atoms with Gasteiger partial charge in [-0.3, -0.25) is 4.98 Å². The van der Waals surface area contributed by atoms with E-state index in [1.165, 1.54) is 11.9 Å². The highest BCUT2D eigenvalue weighted by molar-refractivity contribution is 6.30. The minimum Gasteiger partial charge on any atom is -0.359 e. The standard InChI is InChI=1S/C13H15ClN4/c1-10-12(14)16-9-17-13(10)18(2)8-5-11-3-6-15-7-4-11/h3-4,6-7,9H,5,8H2,1-2H3. The molecule has 0 radical (unpaired) electrons. The zero-order valence-corrected chi connectivity index (χ0v) is 11.2. The average molecular weight is 263 g/mol. The second-order valence-electron chi connectivity index (χ2n) is 4.14. The Morgan fingerprint density at radius 3 is 2.67 bits per heavy atom. The number of hydrogen-bond acceptors (Lipinski definition) is 4. The number of rotatable bonds is 4. The predicted molar refractivity (Wildman–Crippen MR) is 73.0 cm³/mol. The van der Waals surface area contributed by atoms with E-state index in [4.69, 9.17) is 11.6 Å². The fourth-order valence-electron chi connectivity index (χ4n) is 1.76. The molecule has 0 aliphatic heterocycles. The molecule has 2 heterocycles. The number of nitrogens with zero attached hydrogens (tertiary/aromatic N) is 4. The van der Waals surface area contributed by atoms with Gasteiger partial charge in [-0.1, -0.05) is 11.6 Å². The van der Waals surface area contributed by atoms with E-state index in [-0.39, 0.29) is 0 Å². The zero-order chi connectivity index (χ0) is 13.0. The first kappa shape index (κ1) is 12.8. The van der Waals surface area contributed by atoms with Gasteiger partial charge in [0, 0.05) is 31.5 Å². The lowest BCUT2D eigenvalue weighted by molar-refractivity contribution is 0.848. The molecule has 0 saturated heterocycles. The second kappa shape index (κ2) is 5.78. The summed E-state index contributed by atoms with van der Waals surface area (Å²) in [7, 11) is 2.01. The fourth-order valence-corrected chi connectivity index (χ4v) is 1.89. The smallest absolute Gasteiger partial charge is 0.137 e. The highest BCUT2D eigenvalue weighted by Gasteiger charge is 2.09. The molecule has 94 valence electrons. The van der Waals surface area contributed by atoms with E-state index in [1.807, 2.05) is 38.5 Å². The summed E-state index contributed by atoms with van der Waals surface area (Å²) in [4.78, 5) is 14.3. The third-order valence-electron chi connectivity index (χ3n) is 2.84. The largest absolute Gasteiger partial charge is 0.359 e. The molecular formula is C13H15ClN4. The van der Waals surface area contributed by atoms with Crippen LogP contribution < -0.4 is 4.90 Å². The van der Waals surface area contributed by atoms with Crippen LogP contribution in [0.25, 0.3) is 0 Å². The van der Waals surface area contributed by atoms with Crippen LogP contribution in [0.5, 0.6) is 0 Å². The molecule has 0 aliphatic carbocycles. The van der Waals surface area contributed by atoms with Gasteiger partial charge in [0.05, 0.1) is 0 Å². The molecule has 0 amide bonds. The summed E-state index contributed by atoms with van der Waals surface area (Å²) in [6.45, 7) is 2.80. The van der Waals surface area contributed by atoms with E-state index >= 15 is 0 Å². The quantitative estimate of drug-likeness (QED) is 0.794. The third kappa shape index (κ3) is 2.96. The minimum atomic E-state index is 0.510. The first-order valence-corrected chi connectivity index (χ1v) is 6.13. The van der Waals surface area contributed by atoms with Crippen LogP contribution in [0.15, 0.2) is 30.9 Å². The van der Waals surface area contributed by atoms with E-state index in [0.717, 1.165) is 24.3 Å². The minimum absolute atomic E-state index is 0.510. The van der Waals surface area contributed by atoms with Crippen molar-refractivity contribution in [1.82, 2.24) is 15.0 Å². The van der Waals surface area contributed by atoms with E-state index in [9.17, 15) is 0 Å². The number of hydrogen-bond donors (Lipinski definition) is 0. The van der Waals surface area contributed by atoms with Crippen molar-refractivity contribution in [2.75, 3.05) is 18.5 Å². The van der Waals surface area contributed by atoms with Crippen LogP contribution in [0.4, 0.5) is 5.82 Å². The van der Waals surface area contributed by atoms with E-state index < -0.39 is 0 Å². The van der Waals surface area contributed by atoms with Crippen molar-refractivity contribution < 1.29 is 0 Å². The molecule has 0 aromatic carbocycles. The SMILES string of the molecule is Cc1c(Cl)ncnc1N(C)CCc1ccncc1. The second-order valence-corrected chi connectivity index (χ2v) is 4.50. The first-order valence-electron chi connectivity index (χ1n) is 5.75. The van der Waals surface area contributed by atoms with Gasteiger partial charge < -0.3 is 4.90 Å². The van der Waals surface area contributed by atoms with Crippen molar-refractivity contribution in [1.29, 1.82) is 0 Å². The van der Waals surface area contributed by atoms with E-state index in [2.05, 4.69) is 19.9 Å². The Balaban J connectivity index is 2.04. The summed E-state index contributed by atoms with van der Waals surface area (Å²) in [6, 6.07) is 4.04. The Hall–Kier alpha value is -1.68. The Labute approximate surface area is 112 Å². The van der Waals surface area contributed by atoms with Crippen LogP contribution in [0.3, 0.4) is 0 Å². The van der Waals surface area contributed by atoms with Gasteiger partial charge in [0.2, 0.25) is 0 Å². The van der Waals surface area contributed by atoms with Crippen LogP contribution in [0.1, 0.15) is 11.1 Å². The Morgan fingerprint density at radius 1 is 1.22 bits per heavy atom. The molecule has 5 heteroatoms. The van der Waals surface area contributed by atoms with Crippen molar-refractivity contribution in [3.8, 4) is 0 Å². The molecule has 0 atom stereocenters.